The Bertz CT molecular complexity index is 1060. The van der Waals surface area contributed by atoms with Gasteiger partial charge in [0.2, 0.25) is 0 Å². The summed E-state index contributed by atoms with van der Waals surface area (Å²) in [4.78, 5) is 0. The van der Waals surface area contributed by atoms with Gasteiger partial charge in [-0.3, -0.25) is 0 Å². The van der Waals surface area contributed by atoms with Crippen LogP contribution in [-0.4, -0.2) is 20.4 Å². The standard InChI is InChI=1S/C23H20O4/c24-12-16-9-14-5-1-3-7-18(14)20(22(16)26)11-21-19-8-4-2-6-15(19)10-17(13-25)23(21)27/h1-10,24-27H,11-13H2. The fourth-order valence-electron chi connectivity index (χ4n) is 3.73. The molecular weight excluding hydrogens is 340 g/mol. The number of aliphatic hydroxyl groups excluding tert-OH is 2. The van der Waals surface area contributed by atoms with Gasteiger partial charge in [0, 0.05) is 28.7 Å². The fourth-order valence-corrected chi connectivity index (χ4v) is 3.73. The van der Waals surface area contributed by atoms with Crippen LogP contribution in [0, 0.1) is 0 Å². The minimum Gasteiger partial charge on any atom is -0.507 e. The highest BCUT2D eigenvalue weighted by molar-refractivity contribution is 5.92. The molecule has 0 aromatic heterocycles. The molecule has 0 heterocycles. The third kappa shape index (κ3) is 2.89. The summed E-state index contributed by atoms with van der Waals surface area (Å²) in [5.74, 6) is 0.0724. The molecule has 0 bridgehead atoms. The van der Waals surface area contributed by atoms with E-state index >= 15 is 0 Å². The van der Waals surface area contributed by atoms with E-state index in [0.29, 0.717) is 22.3 Å². The van der Waals surface area contributed by atoms with Gasteiger partial charge in [-0.15, -0.1) is 0 Å². The van der Waals surface area contributed by atoms with Crippen LogP contribution in [0.25, 0.3) is 21.5 Å². The van der Waals surface area contributed by atoms with Gasteiger partial charge in [0.1, 0.15) is 11.5 Å². The largest absolute Gasteiger partial charge is 0.507 e. The predicted molar refractivity (Wildman–Crippen MR) is 106 cm³/mol. The Morgan fingerprint density at radius 1 is 0.593 bits per heavy atom. The lowest BCUT2D eigenvalue weighted by Crippen LogP contribution is -1.99. The summed E-state index contributed by atoms with van der Waals surface area (Å²) in [6, 6.07) is 18.8. The third-order valence-electron chi connectivity index (χ3n) is 5.11. The van der Waals surface area contributed by atoms with Crippen LogP contribution in [0.5, 0.6) is 11.5 Å². The summed E-state index contributed by atoms with van der Waals surface area (Å²) in [6.07, 6.45) is 0.278. The zero-order valence-electron chi connectivity index (χ0n) is 14.7. The molecule has 0 unspecified atom stereocenters. The van der Waals surface area contributed by atoms with Crippen molar-refractivity contribution in [3.8, 4) is 11.5 Å². The molecule has 4 heteroatoms. The van der Waals surface area contributed by atoms with E-state index in [9.17, 15) is 20.4 Å². The lowest BCUT2D eigenvalue weighted by Gasteiger charge is -2.17. The van der Waals surface area contributed by atoms with Crippen molar-refractivity contribution in [1.82, 2.24) is 0 Å². The van der Waals surface area contributed by atoms with Crippen LogP contribution >= 0.6 is 0 Å². The molecule has 4 aromatic rings. The highest BCUT2D eigenvalue weighted by Crippen LogP contribution is 2.38. The third-order valence-corrected chi connectivity index (χ3v) is 5.11. The quantitative estimate of drug-likeness (QED) is 0.444. The van der Waals surface area contributed by atoms with Crippen LogP contribution in [0.2, 0.25) is 0 Å². The molecule has 4 nitrogen and oxygen atoms in total. The summed E-state index contributed by atoms with van der Waals surface area (Å²) in [5, 5.41) is 44.3. The van der Waals surface area contributed by atoms with Crippen molar-refractivity contribution >= 4 is 21.5 Å². The van der Waals surface area contributed by atoms with Crippen molar-refractivity contribution < 1.29 is 20.4 Å². The molecule has 0 saturated carbocycles. The number of aromatic hydroxyl groups is 2. The van der Waals surface area contributed by atoms with Crippen LogP contribution < -0.4 is 0 Å². The maximum atomic E-state index is 10.7. The van der Waals surface area contributed by atoms with Gasteiger partial charge in [0.25, 0.3) is 0 Å². The molecule has 0 saturated heterocycles. The number of rotatable bonds is 4. The van der Waals surface area contributed by atoms with E-state index in [4.69, 9.17) is 0 Å². The van der Waals surface area contributed by atoms with Gasteiger partial charge in [-0.1, -0.05) is 48.5 Å². The molecule has 0 amide bonds. The number of hydrogen-bond acceptors (Lipinski definition) is 4. The first-order chi connectivity index (χ1) is 13.1. The maximum absolute atomic E-state index is 10.7. The Balaban J connectivity index is 2.01. The molecule has 0 atom stereocenters. The molecule has 0 fully saturated rings. The van der Waals surface area contributed by atoms with E-state index in [1.165, 1.54) is 0 Å². The second-order valence-electron chi connectivity index (χ2n) is 6.66. The van der Waals surface area contributed by atoms with Crippen LogP contribution in [-0.2, 0) is 19.6 Å². The van der Waals surface area contributed by atoms with Crippen molar-refractivity contribution in [2.45, 2.75) is 19.6 Å². The average Bonchev–Trinajstić information content (AvgIpc) is 2.71. The summed E-state index contributed by atoms with van der Waals surface area (Å²) in [5.41, 5.74) is 2.19. The Hall–Kier alpha value is -3.08. The minimum absolute atomic E-state index is 0.0362. The van der Waals surface area contributed by atoms with Gasteiger partial charge in [0.05, 0.1) is 13.2 Å². The monoisotopic (exact) mass is 360 g/mol. The van der Waals surface area contributed by atoms with Crippen LogP contribution in [0.15, 0.2) is 60.7 Å². The first kappa shape index (κ1) is 17.3. The minimum atomic E-state index is -0.271. The molecule has 0 aliphatic heterocycles. The number of benzene rings is 4. The molecule has 4 rings (SSSR count). The summed E-state index contributed by atoms with van der Waals surface area (Å²) in [7, 11) is 0. The fraction of sp³-hybridized carbons (Fsp3) is 0.130. The summed E-state index contributed by atoms with van der Waals surface area (Å²) in [6.45, 7) is -0.542. The summed E-state index contributed by atoms with van der Waals surface area (Å²) < 4.78 is 0. The molecule has 0 spiro atoms. The van der Waals surface area contributed by atoms with Crippen molar-refractivity contribution in [3.05, 3.63) is 82.9 Å². The van der Waals surface area contributed by atoms with Crippen molar-refractivity contribution in [2.24, 2.45) is 0 Å². The zero-order chi connectivity index (χ0) is 19.0. The van der Waals surface area contributed by atoms with Gasteiger partial charge < -0.3 is 20.4 Å². The molecule has 0 aliphatic rings. The second-order valence-corrected chi connectivity index (χ2v) is 6.66. The van der Waals surface area contributed by atoms with Crippen molar-refractivity contribution in [3.63, 3.8) is 0 Å². The number of phenols is 2. The highest BCUT2D eigenvalue weighted by atomic mass is 16.3. The molecular formula is C23H20O4. The lowest BCUT2D eigenvalue weighted by molar-refractivity contribution is 0.275. The Kier molecular flexibility index (Phi) is 4.44. The molecule has 0 aliphatic carbocycles. The van der Waals surface area contributed by atoms with E-state index in [1.807, 2.05) is 48.5 Å². The SMILES string of the molecule is OCc1cc2ccccc2c(Cc2c(O)c(CO)cc3ccccc23)c1O. The molecule has 4 N–H and O–H groups in total. The van der Waals surface area contributed by atoms with Crippen LogP contribution in [0.1, 0.15) is 22.3 Å². The molecule has 0 radical (unpaired) electrons. The van der Waals surface area contributed by atoms with Crippen molar-refractivity contribution in [2.75, 3.05) is 0 Å². The van der Waals surface area contributed by atoms with E-state index in [2.05, 4.69) is 0 Å². The number of fused-ring (bicyclic) bond motifs is 2. The maximum Gasteiger partial charge on any atom is 0.125 e. The lowest BCUT2D eigenvalue weighted by atomic mass is 9.90. The van der Waals surface area contributed by atoms with E-state index in [1.54, 1.807) is 12.1 Å². The highest BCUT2D eigenvalue weighted by Gasteiger charge is 2.18. The topological polar surface area (TPSA) is 80.9 Å². The van der Waals surface area contributed by atoms with Gasteiger partial charge in [-0.05, 0) is 33.7 Å². The van der Waals surface area contributed by atoms with E-state index in [0.717, 1.165) is 21.5 Å². The van der Waals surface area contributed by atoms with Gasteiger partial charge in [-0.25, -0.2) is 0 Å². The van der Waals surface area contributed by atoms with Gasteiger partial charge in [-0.2, -0.15) is 0 Å². The Morgan fingerprint density at radius 3 is 1.41 bits per heavy atom. The second kappa shape index (κ2) is 6.91. The Labute approximate surface area is 156 Å². The van der Waals surface area contributed by atoms with Crippen LogP contribution in [0.4, 0.5) is 0 Å². The van der Waals surface area contributed by atoms with Crippen LogP contribution in [0.3, 0.4) is 0 Å². The first-order valence-electron chi connectivity index (χ1n) is 8.80. The smallest absolute Gasteiger partial charge is 0.125 e. The van der Waals surface area contributed by atoms with E-state index in [-0.39, 0.29) is 31.1 Å². The Morgan fingerprint density at radius 2 is 1.00 bits per heavy atom. The molecule has 4 aromatic carbocycles. The van der Waals surface area contributed by atoms with Crippen molar-refractivity contribution in [1.29, 1.82) is 0 Å². The average molecular weight is 360 g/mol. The van der Waals surface area contributed by atoms with Gasteiger partial charge in [0.15, 0.2) is 0 Å². The molecule has 27 heavy (non-hydrogen) atoms. The zero-order valence-corrected chi connectivity index (χ0v) is 14.7. The van der Waals surface area contributed by atoms with Gasteiger partial charge >= 0.3 is 0 Å². The number of aliphatic hydroxyl groups is 2. The number of hydrogen-bond donors (Lipinski definition) is 4. The normalized spacial score (nSPS) is 11.3. The first-order valence-corrected chi connectivity index (χ1v) is 8.80. The molecule has 136 valence electrons. The summed E-state index contributed by atoms with van der Waals surface area (Å²) >= 11 is 0. The predicted octanol–water partition coefficient (Wildman–Crippen LogP) is 3.98. The van der Waals surface area contributed by atoms with E-state index < -0.39 is 0 Å².